The smallest absolute Gasteiger partial charge is 0.249 e. The first-order valence-corrected chi connectivity index (χ1v) is 3.93. The number of nitrogens with one attached hydrogen (secondary N) is 1. The lowest BCUT2D eigenvalue weighted by Crippen LogP contribution is -2.05. The maximum Gasteiger partial charge on any atom is 0.249 e. The molecule has 0 radical (unpaired) electrons. The van der Waals surface area contributed by atoms with E-state index in [1.807, 2.05) is 6.07 Å². The van der Waals surface area contributed by atoms with E-state index in [0.717, 1.165) is 0 Å². The number of H-pyrrole nitrogens is 1. The molecule has 14 heavy (non-hydrogen) atoms. The summed E-state index contributed by atoms with van der Waals surface area (Å²) in [6.45, 7) is 0. The third kappa shape index (κ3) is 1.25. The van der Waals surface area contributed by atoms with Crippen LogP contribution in [-0.2, 0) is 0 Å². The van der Waals surface area contributed by atoms with Gasteiger partial charge in [-0.1, -0.05) is 0 Å². The highest BCUT2D eigenvalue weighted by atomic mass is 19.1. The molecule has 1 N–H and O–H groups in total. The van der Waals surface area contributed by atoms with E-state index in [2.05, 4.69) is 4.98 Å². The van der Waals surface area contributed by atoms with E-state index in [9.17, 15) is 9.18 Å². The number of aromatic amines is 1. The quantitative estimate of drug-likeness (QED) is 0.681. The molecule has 0 bridgehead atoms. The van der Waals surface area contributed by atoms with Crippen LogP contribution < -0.4 is 5.56 Å². The standard InChI is InChI=1S/C10H5FN2O/c11-7-1-2-8-6(5-12)3-10(14)13-9(8)4-7/h1-4H,(H,13,14). The van der Waals surface area contributed by atoms with Crippen LogP contribution in [0.1, 0.15) is 5.56 Å². The molecule has 0 spiro atoms. The van der Waals surface area contributed by atoms with Crippen molar-refractivity contribution in [1.82, 2.24) is 4.98 Å². The van der Waals surface area contributed by atoms with Crippen LogP contribution in [0, 0.1) is 17.1 Å². The summed E-state index contributed by atoms with van der Waals surface area (Å²) in [5, 5.41) is 9.28. The van der Waals surface area contributed by atoms with E-state index in [4.69, 9.17) is 5.26 Å². The molecule has 0 aliphatic carbocycles. The molecule has 2 rings (SSSR count). The zero-order valence-corrected chi connectivity index (χ0v) is 7.04. The largest absolute Gasteiger partial charge is 0.322 e. The summed E-state index contributed by atoms with van der Waals surface area (Å²) in [5.74, 6) is -0.441. The molecular formula is C10H5FN2O. The monoisotopic (exact) mass is 188 g/mol. The van der Waals surface area contributed by atoms with Gasteiger partial charge in [-0.2, -0.15) is 5.26 Å². The molecular weight excluding hydrogens is 183 g/mol. The lowest BCUT2D eigenvalue weighted by molar-refractivity contribution is 0.629. The maximum atomic E-state index is 12.8. The van der Waals surface area contributed by atoms with Gasteiger partial charge in [-0.25, -0.2) is 4.39 Å². The van der Waals surface area contributed by atoms with Crippen LogP contribution in [0.3, 0.4) is 0 Å². The van der Waals surface area contributed by atoms with Gasteiger partial charge in [0.15, 0.2) is 0 Å². The number of rotatable bonds is 0. The van der Waals surface area contributed by atoms with Gasteiger partial charge in [0.2, 0.25) is 5.56 Å². The van der Waals surface area contributed by atoms with E-state index in [-0.39, 0.29) is 5.56 Å². The van der Waals surface area contributed by atoms with Gasteiger partial charge in [-0.15, -0.1) is 0 Å². The van der Waals surface area contributed by atoms with Crippen molar-refractivity contribution in [2.45, 2.75) is 0 Å². The van der Waals surface area contributed by atoms with Crippen molar-refractivity contribution in [2.75, 3.05) is 0 Å². The zero-order valence-electron chi connectivity index (χ0n) is 7.04. The van der Waals surface area contributed by atoms with E-state index < -0.39 is 11.4 Å². The second-order valence-electron chi connectivity index (χ2n) is 2.85. The molecule has 4 heteroatoms. The van der Waals surface area contributed by atoms with Crippen molar-refractivity contribution in [3.63, 3.8) is 0 Å². The summed E-state index contributed by atoms with van der Waals surface area (Å²) in [6, 6.07) is 7.00. The lowest BCUT2D eigenvalue weighted by Gasteiger charge is -1.98. The Morgan fingerprint density at radius 2 is 2.14 bits per heavy atom. The Balaban J connectivity index is 2.97. The minimum Gasteiger partial charge on any atom is -0.322 e. The third-order valence-electron chi connectivity index (χ3n) is 1.93. The van der Waals surface area contributed by atoms with Gasteiger partial charge < -0.3 is 4.98 Å². The van der Waals surface area contributed by atoms with Gasteiger partial charge in [0.05, 0.1) is 11.1 Å². The number of fused-ring (bicyclic) bond motifs is 1. The minimum absolute atomic E-state index is 0.253. The Morgan fingerprint density at radius 3 is 2.86 bits per heavy atom. The molecule has 1 heterocycles. The van der Waals surface area contributed by atoms with Crippen LogP contribution in [0.5, 0.6) is 0 Å². The number of nitrogens with zero attached hydrogens (tertiary/aromatic N) is 1. The van der Waals surface area contributed by atoms with Crippen LogP contribution in [0.25, 0.3) is 10.9 Å². The maximum absolute atomic E-state index is 12.8. The first kappa shape index (κ1) is 8.45. The summed E-state index contributed by atoms with van der Waals surface area (Å²) in [4.78, 5) is 13.5. The molecule has 1 aromatic heterocycles. The molecule has 0 amide bonds. The van der Waals surface area contributed by atoms with Crippen molar-refractivity contribution in [1.29, 1.82) is 5.26 Å². The van der Waals surface area contributed by atoms with Gasteiger partial charge in [0, 0.05) is 11.5 Å². The van der Waals surface area contributed by atoms with Crippen LogP contribution >= 0.6 is 0 Å². The van der Waals surface area contributed by atoms with Crippen molar-refractivity contribution >= 4 is 10.9 Å². The first-order chi connectivity index (χ1) is 6.70. The van der Waals surface area contributed by atoms with Gasteiger partial charge in [-0.05, 0) is 18.2 Å². The Labute approximate surface area is 78.4 Å². The highest BCUT2D eigenvalue weighted by Crippen LogP contribution is 2.14. The second-order valence-corrected chi connectivity index (χ2v) is 2.85. The molecule has 1 aromatic carbocycles. The van der Waals surface area contributed by atoms with E-state index in [0.29, 0.717) is 10.9 Å². The number of pyridine rings is 1. The molecule has 0 aliphatic rings. The first-order valence-electron chi connectivity index (χ1n) is 3.93. The van der Waals surface area contributed by atoms with Gasteiger partial charge in [0.1, 0.15) is 11.9 Å². The predicted octanol–water partition coefficient (Wildman–Crippen LogP) is 1.54. The topological polar surface area (TPSA) is 56.6 Å². The summed E-state index contributed by atoms with van der Waals surface area (Å²) in [5.41, 5.74) is 0.192. The molecule has 0 aliphatic heterocycles. The molecule has 3 nitrogen and oxygen atoms in total. The van der Waals surface area contributed by atoms with E-state index >= 15 is 0 Å². The van der Waals surface area contributed by atoms with Gasteiger partial charge in [-0.3, -0.25) is 4.79 Å². The number of aromatic nitrogens is 1. The fraction of sp³-hybridized carbons (Fsp3) is 0. The lowest BCUT2D eigenvalue weighted by atomic mass is 10.1. The van der Waals surface area contributed by atoms with Crippen LogP contribution in [-0.4, -0.2) is 4.98 Å². The van der Waals surface area contributed by atoms with Crippen molar-refractivity contribution < 1.29 is 4.39 Å². The van der Waals surface area contributed by atoms with Crippen molar-refractivity contribution in [2.24, 2.45) is 0 Å². The summed E-state index contributed by atoms with van der Waals surface area (Å²) >= 11 is 0. The highest BCUT2D eigenvalue weighted by Gasteiger charge is 2.03. The number of hydrogen-bond donors (Lipinski definition) is 1. The fourth-order valence-electron chi connectivity index (χ4n) is 1.32. The predicted molar refractivity (Wildman–Crippen MR) is 49.2 cm³/mol. The average molecular weight is 188 g/mol. The second kappa shape index (κ2) is 2.96. The molecule has 68 valence electrons. The Kier molecular flexibility index (Phi) is 1.79. The molecule has 0 atom stereocenters. The minimum atomic E-state index is -0.441. The number of nitriles is 1. The van der Waals surface area contributed by atoms with Crippen LogP contribution in [0.15, 0.2) is 29.1 Å². The van der Waals surface area contributed by atoms with E-state index in [1.54, 1.807) is 0 Å². The zero-order chi connectivity index (χ0) is 10.1. The molecule has 0 unspecified atom stereocenters. The third-order valence-corrected chi connectivity index (χ3v) is 1.93. The molecule has 2 aromatic rings. The Hall–Kier alpha value is -2.15. The van der Waals surface area contributed by atoms with Gasteiger partial charge in [0.25, 0.3) is 0 Å². The SMILES string of the molecule is N#Cc1cc(=O)[nH]c2cc(F)ccc12. The molecule has 0 fully saturated rings. The number of halogens is 1. The van der Waals surface area contributed by atoms with Crippen LogP contribution in [0.4, 0.5) is 4.39 Å². The van der Waals surface area contributed by atoms with Crippen molar-refractivity contribution in [3.05, 3.63) is 46.0 Å². The van der Waals surface area contributed by atoms with E-state index in [1.165, 1.54) is 24.3 Å². The number of benzene rings is 1. The van der Waals surface area contributed by atoms with Crippen molar-refractivity contribution in [3.8, 4) is 6.07 Å². The molecule has 0 saturated heterocycles. The highest BCUT2D eigenvalue weighted by molar-refractivity contribution is 5.84. The fourth-order valence-corrected chi connectivity index (χ4v) is 1.32. The Morgan fingerprint density at radius 1 is 1.36 bits per heavy atom. The average Bonchev–Trinajstić information content (AvgIpc) is 2.15. The Bertz CT molecular complexity index is 595. The normalized spacial score (nSPS) is 10.0. The summed E-state index contributed by atoms with van der Waals surface area (Å²) < 4.78 is 12.8. The number of hydrogen-bond acceptors (Lipinski definition) is 2. The van der Waals surface area contributed by atoms with Crippen LogP contribution in [0.2, 0.25) is 0 Å². The summed E-state index contributed by atoms with van der Waals surface area (Å²) in [7, 11) is 0. The molecule has 0 saturated carbocycles. The summed E-state index contributed by atoms with van der Waals surface area (Å²) in [6.07, 6.45) is 0. The van der Waals surface area contributed by atoms with Gasteiger partial charge >= 0.3 is 0 Å².